The minimum absolute atomic E-state index is 0.473. The summed E-state index contributed by atoms with van der Waals surface area (Å²) in [5.41, 5.74) is 1.37. The molecule has 1 aliphatic rings. The molecule has 1 aromatic rings. The van der Waals surface area contributed by atoms with Crippen LogP contribution in [0.2, 0.25) is 0 Å². The van der Waals surface area contributed by atoms with Gasteiger partial charge >= 0.3 is 0 Å². The molecule has 1 aromatic carbocycles. The van der Waals surface area contributed by atoms with Gasteiger partial charge in [-0.2, -0.15) is 0 Å². The summed E-state index contributed by atoms with van der Waals surface area (Å²) in [6.07, 6.45) is 5.75. The molecule has 0 aliphatic heterocycles. The molecule has 18 heavy (non-hydrogen) atoms. The lowest BCUT2D eigenvalue weighted by Gasteiger charge is -2.30. The average molecular weight is 311 g/mol. The van der Waals surface area contributed by atoms with Crippen molar-refractivity contribution in [3.05, 3.63) is 35.9 Å². The molecule has 3 atom stereocenters. The monoisotopic (exact) mass is 310 g/mol. The van der Waals surface area contributed by atoms with E-state index in [1.54, 1.807) is 0 Å². The Morgan fingerprint density at radius 3 is 2.61 bits per heavy atom. The van der Waals surface area contributed by atoms with Crippen molar-refractivity contribution in [3.63, 3.8) is 0 Å². The standard InChI is InChI=1S/C16H23BrO/c1-13-7-5-6-10-16(13)18-12-15(11-17)14-8-3-2-4-9-14/h2-4,8-9,13,15-16H,5-7,10-12H2,1H3. The van der Waals surface area contributed by atoms with Crippen LogP contribution in [0.15, 0.2) is 30.3 Å². The first-order valence-corrected chi connectivity index (χ1v) is 8.16. The predicted octanol–water partition coefficient (Wildman–Crippen LogP) is 4.76. The van der Waals surface area contributed by atoms with Gasteiger partial charge in [0, 0.05) is 11.2 Å². The molecule has 0 bridgehead atoms. The Labute approximate surface area is 119 Å². The Morgan fingerprint density at radius 2 is 1.94 bits per heavy atom. The van der Waals surface area contributed by atoms with Crippen LogP contribution >= 0.6 is 15.9 Å². The number of hydrogen-bond acceptors (Lipinski definition) is 1. The van der Waals surface area contributed by atoms with Crippen LogP contribution in [0.25, 0.3) is 0 Å². The molecule has 0 N–H and O–H groups in total. The van der Waals surface area contributed by atoms with Crippen molar-refractivity contribution >= 4 is 15.9 Å². The number of ether oxygens (including phenoxy) is 1. The van der Waals surface area contributed by atoms with Crippen LogP contribution in [0, 0.1) is 5.92 Å². The summed E-state index contributed by atoms with van der Waals surface area (Å²) in [6.45, 7) is 3.17. The molecule has 0 aromatic heterocycles. The highest BCUT2D eigenvalue weighted by molar-refractivity contribution is 9.09. The highest BCUT2D eigenvalue weighted by Crippen LogP contribution is 2.28. The van der Waals surface area contributed by atoms with E-state index < -0.39 is 0 Å². The molecule has 1 aliphatic carbocycles. The number of hydrogen-bond donors (Lipinski definition) is 0. The van der Waals surface area contributed by atoms with Crippen LogP contribution in [0.5, 0.6) is 0 Å². The van der Waals surface area contributed by atoms with Crippen molar-refractivity contribution in [1.82, 2.24) is 0 Å². The number of alkyl halides is 1. The summed E-state index contributed by atoms with van der Waals surface area (Å²) >= 11 is 3.61. The zero-order valence-electron chi connectivity index (χ0n) is 11.1. The fourth-order valence-electron chi connectivity index (χ4n) is 2.72. The first-order chi connectivity index (χ1) is 8.81. The molecular formula is C16H23BrO. The lowest BCUT2D eigenvalue weighted by atomic mass is 9.88. The molecule has 0 amide bonds. The highest BCUT2D eigenvalue weighted by atomic mass is 79.9. The van der Waals surface area contributed by atoms with Gasteiger partial charge in [0.15, 0.2) is 0 Å². The minimum atomic E-state index is 0.473. The minimum Gasteiger partial charge on any atom is -0.377 e. The number of rotatable bonds is 5. The van der Waals surface area contributed by atoms with Crippen molar-refractivity contribution in [1.29, 1.82) is 0 Å². The molecule has 1 nitrogen and oxygen atoms in total. The summed E-state index contributed by atoms with van der Waals surface area (Å²) in [4.78, 5) is 0. The van der Waals surface area contributed by atoms with Crippen LogP contribution in [0.1, 0.15) is 44.1 Å². The molecule has 2 rings (SSSR count). The van der Waals surface area contributed by atoms with E-state index in [0.717, 1.165) is 17.9 Å². The fourth-order valence-corrected chi connectivity index (χ4v) is 3.29. The van der Waals surface area contributed by atoms with Gasteiger partial charge in [-0.1, -0.05) is 66.0 Å². The van der Waals surface area contributed by atoms with E-state index in [-0.39, 0.29) is 0 Å². The second kappa shape index (κ2) is 7.30. The third-order valence-electron chi connectivity index (χ3n) is 4.00. The van der Waals surface area contributed by atoms with Gasteiger partial charge in [-0.05, 0) is 24.3 Å². The SMILES string of the molecule is CC1CCCCC1OCC(CBr)c1ccccc1. The average Bonchev–Trinajstić information content (AvgIpc) is 2.42. The Bertz CT molecular complexity index is 338. The smallest absolute Gasteiger partial charge is 0.0600 e. The Morgan fingerprint density at radius 1 is 1.22 bits per heavy atom. The molecule has 1 saturated carbocycles. The van der Waals surface area contributed by atoms with Crippen LogP contribution in [0.3, 0.4) is 0 Å². The number of benzene rings is 1. The lowest BCUT2D eigenvalue weighted by Crippen LogP contribution is -2.27. The third kappa shape index (κ3) is 3.83. The molecule has 2 heteroatoms. The summed E-state index contributed by atoms with van der Waals surface area (Å²) in [6, 6.07) is 10.7. The lowest BCUT2D eigenvalue weighted by molar-refractivity contribution is -0.00958. The maximum absolute atomic E-state index is 6.17. The van der Waals surface area contributed by atoms with Crippen molar-refractivity contribution in [2.75, 3.05) is 11.9 Å². The normalized spacial score (nSPS) is 25.9. The van der Waals surface area contributed by atoms with E-state index in [1.165, 1.54) is 31.2 Å². The van der Waals surface area contributed by atoms with Crippen LogP contribution in [-0.2, 0) is 4.74 Å². The molecule has 0 heterocycles. The summed E-state index contributed by atoms with van der Waals surface area (Å²) in [7, 11) is 0. The topological polar surface area (TPSA) is 9.23 Å². The van der Waals surface area contributed by atoms with E-state index in [9.17, 15) is 0 Å². The van der Waals surface area contributed by atoms with E-state index in [1.807, 2.05) is 0 Å². The second-order valence-corrected chi connectivity index (χ2v) is 6.04. The van der Waals surface area contributed by atoms with Gasteiger partial charge in [0.2, 0.25) is 0 Å². The Hall–Kier alpha value is -0.340. The molecule has 0 spiro atoms. The van der Waals surface area contributed by atoms with Crippen molar-refractivity contribution in [2.45, 2.75) is 44.6 Å². The van der Waals surface area contributed by atoms with Gasteiger partial charge in [-0.25, -0.2) is 0 Å². The summed E-state index contributed by atoms with van der Waals surface area (Å²) in [5.74, 6) is 1.20. The van der Waals surface area contributed by atoms with Gasteiger partial charge in [0.05, 0.1) is 12.7 Å². The predicted molar refractivity (Wildman–Crippen MR) is 80.3 cm³/mol. The van der Waals surface area contributed by atoms with Gasteiger partial charge in [0.1, 0.15) is 0 Å². The van der Waals surface area contributed by atoms with Gasteiger partial charge < -0.3 is 4.74 Å². The van der Waals surface area contributed by atoms with Gasteiger partial charge in [0.25, 0.3) is 0 Å². The van der Waals surface area contributed by atoms with Gasteiger partial charge in [-0.15, -0.1) is 0 Å². The van der Waals surface area contributed by atoms with E-state index in [0.29, 0.717) is 12.0 Å². The van der Waals surface area contributed by atoms with Gasteiger partial charge in [-0.3, -0.25) is 0 Å². The zero-order chi connectivity index (χ0) is 12.8. The summed E-state index contributed by atoms with van der Waals surface area (Å²) < 4.78 is 6.17. The molecule has 100 valence electrons. The largest absolute Gasteiger partial charge is 0.377 e. The maximum Gasteiger partial charge on any atom is 0.0600 e. The van der Waals surface area contributed by atoms with E-state index in [2.05, 4.69) is 53.2 Å². The maximum atomic E-state index is 6.17. The van der Waals surface area contributed by atoms with Crippen LogP contribution < -0.4 is 0 Å². The highest BCUT2D eigenvalue weighted by Gasteiger charge is 2.23. The fraction of sp³-hybridized carbons (Fsp3) is 0.625. The number of halogens is 1. The zero-order valence-corrected chi connectivity index (χ0v) is 12.7. The quantitative estimate of drug-likeness (QED) is 0.712. The van der Waals surface area contributed by atoms with Crippen LogP contribution in [-0.4, -0.2) is 18.0 Å². The van der Waals surface area contributed by atoms with E-state index in [4.69, 9.17) is 4.74 Å². The first-order valence-electron chi connectivity index (χ1n) is 7.03. The molecular weight excluding hydrogens is 288 g/mol. The van der Waals surface area contributed by atoms with Crippen molar-refractivity contribution in [3.8, 4) is 0 Å². The van der Waals surface area contributed by atoms with Crippen molar-refractivity contribution < 1.29 is 4.74 Å². The third-order valence-corrected chi connectivity index (χ3v) is 4.78. The van der Waals surface area contributed by atoms with Crippen molar-refractivity contribution in [2.24, 2.45) is 5.92 Å². The first kappa shape index (κ1) is 14.1. The van der Waals surface area contributed by atoms with E-state index >= 15 is 0 Å². The Kier molecular flexibility index (Phi) is 5.71. The molecule has 3 unspecified atom stereocenters. The molecule has 1 fully saturated rings. The van der Waals surface area contributed by atoms with Crippen LogP contribution in [0.4, 0.5) is 0 Å². The molecule has 0 saturated heterocycles. The second-order valence-electron chi connectivity index (χ2n) is 5.40. The summed E-state index contributed by atoms with van der Waals surface area (Å²) in [5, 5.41) is 0.970. The Balaban J connectivity index is 1.87. The molecule has 0 radical (unpaired) electrons.